The van der Waals surface area contributed by atoms with Crippen LogP contribution in [0.4, 0.5) is 0 Å². The lowest BCUT2D eigenvalue weighted by atomic mass is 9.72. The highest BCUT2D eigenvalue weighted by molar-refractivity contribution is 4.85. The van der Waals surface area contributed by atoms with Crippen molar-refractivity contribution in [2.45, 2.75) is 58.3 Å². The first kappa shape index (κ1) is 13.4. The Kier molecular flexibility index (Phi) is 4.87. The molecule has 1 saturated heterocycles. The molecule has 2 N–H and O–H groups in total. The molecule has 0 aromatic rings. The van der Waals surface area contributed by atoms with E-state index in [4.69, 9.17) is 5.73 Å². The maximum Gasteiger partial charge on any atom is -0.00130 e. The predicted octanol–water partition coefficient (Wildman–Crippen LogP) is 3.02. The Bertz CT molecular complexity index is 213. The van der Waals surface area contributed by atoms with E-state index in [0.717, 1.165) is 12.5 Å². The molecule has 2 nitrogen and oxygen atoms in total. The highest BCUT2D eigenvalue weighted by atomic mass is 15.1. The highest BCUT2D eigenvalue weighted by Crippen LogP contribution is 2.38. The van der Waals surface area contributed by atoms with Crippen molar-refractivity contribution in [3.8, 4) is 0 Å². The van der Waals surface area contributed by atoms with E-state index >= 15 is 0 Å². The number of nitrogens with two attached hydrogens (primary N) is 1. The molecule has 0 unspecified atom stereocenters. The minimum atomic E-state index is 0.501. The lowest BCUT2D eigenvalue weighted by Crippen LogP contribution is -2.39. The van der Waals surface area contributed by atoms with Crippen LogP contribution >= 0.6 is 0 Å². The molecule has 100 valence electrons. The summed E-state index contributed by atoms with van der Waals surface area (Å²) in [6.07, 6.45) is 11.2. The first-order valence-corrected chi connectivity index (χ1v) is 7.66. The standard InChI is InChI=1S/C15H30N2/c1-14-5-10-17(11-6-14)12-9-15(13-16)7-3-2-4-8-15/h14H,2-13,16H2,1H3. The summed E-state index contributed by atoms with van der Waals surface area (Å²) in [6.45, 7) is 7.24. The van der Waals surface area contributed by atoms with Crippen LogP contribution < -0.4 is 5.73 Å². The Labute approximate surface area is 107 Å². The van der Waals surface area contributed by atoms with Gasteiger partial charge < -0.3 is 10.6 Å². The van der Waals surface area contributed by atoms with Gasteiger partial charge in [0.1, 0.15) is 0 Å². The number of rotatable bonds is 4. The number of hydrogen-bond acceptors (Lipinski definition) is 2. The van der Waals surface area contributed by atoms with Gasteiger partial charge in [0.2, 0.25) is 0 Å². The van der Waals surface area contributed by atoms with Gasteiger partial charge in [-0.1, -0.05) is 26.2 Å². The normalized spacial score (nSPS) is 27.2. The van der Waals surface area contributed by atoms with Crippen LogP contribution in [-0.4, -0.2) is 31.1 Å². The topological polar surface area (TPSA) is 29.3 Å². The van der Waals surface area contributed by atoms with Gasteiger partial charge in [-0.2, -0.15) is 0 Å². The van der Waals surface area contributed by atoms with Crippen LogP contribution in [0.25, 0.3) is 0 Å². The zero-order chi connectivity index (χ0) is 12.1. The molecular formula is C15H30N2. The van der Waals surface area contributed by atoms with Gasteiger partial charge in [-0.15, -0.1) is 0 Å². The summed E-state index contributed by atoms with van der Waals surface area (Å²) < 4.78 is 0. The van der Waals surface area contributed by atoms with E-state index in [-0.39, 0.29) is 0 Å². The quantitative estimate of drug-likeness (QED) is 0.816. The van der Waals surface area contributed by atoms with Crippen molar-refractivity contribution in [2.75, 3.05) is 26.2 Å². The summed E-state index contributed by atoms with van der Waals surface area (Å²) >= 11 is 0. The van der Waals surface area contributed by atoms with Gasteiger partial charge in [0.05, 0.1) is 0 Å². The SMILES string of the molecule is CC1CCN(CCC2(CN)CCCCC2)CC1. The molecule has 17 heavy (non-hydrogen) atoms. The second kappa shape index (κ2) is 6.19. The Morgan fingerprint density at radius 1 is 1.12 bits per heavy atom. The van der Waals surface area contributed by atoms with Gasteiger partial charge in [0.15, 0.2) is 0 Å². The highest BCUT2D eigenvalue weighted by Gasteiger charge is 2.31. The molecule has 1 heterocycles. The van der Waals surface area contributed by atoms with E-state index in [0.29, 0.717) is 5.41 Å². The fraction of sp³-hybridized carbons (Fsp3) is 1.00. The smallest absolute Gasteiger partial charge is 0.00130 e. The molecule has 0 aromatic carbocycles. The van der Waals surface area contributed by atoms with Gasteiger partial charge in [-0.05, 0) is 69.6 Å². The molecule has 0 amide bonds. The summed E-state index contributed by atoms with van der Waals surface area (Å²) in [7, 11) is 0. The first-order valence-electron chi connectivity index (χ1n) is 7.66. The molecule has 0 atom stereocenters. The molecule has 0 aromatic heterocycles. The summed E-state index contributed by atoms with van der Waals surface area (Å²) in [5, 5.41) is 0. The third-order valence-corrected chi connectivity index (χ3v) is 5.18. The molecular weight excluding hydrogens is 208 g/mol. The molecule has 1 saturated carbocycles. The summed E-state index contributed by atoms with van der Waals surface area (Å²) in [5.41, 5.74) is 6.56. The molecule has 0 radical (unpaired) electrons. The van der Waals surface area contributed by atoms with Crippen molar-refractivity contribution in [2.24, 2.45) is 17.1 Å². The van der Waals surface area contributed by atoms with E-state index in [1.807, 2.05) is 0 Å². The van der Waals surface area contributed by atoms with Gasteiger partial charge in [0.25, 0.3) is 0 Å². The third-order valence-electron chi connectivity index (χ3n) is 5.18. The zero-order valence-electron chi connectivity index (χ0n) is 11.6. The summed E-state index contributed by atoms with van der Waals surface area (Å²) in [6, 6.07) is 0. The Morgan fingerprint density at radius 2 is 1.76 bits per heavy atom. The Balaban J connectivity index is 1.75. The fourth-order valence-electron chi connectivity index (χ4n) is 3.54. The maximum atomic E-state index is 6.06. The summed E-state index contributed by atoms with van der Waals surface area (Å²) in [4.78, 5) is 2.67. The largest absolute Gasteiger partial charge is 0.330 e. The molecule has 2 rings (SSSR count). The summed E-state index contributed by atoms with van der Waals surface area (Å²) in [5.74, 6) is 0.949. The maximum absolute atomic E-state index is 6.06. The van der Waals surface area contributed by atoms with Crippen LogP contribution in [-0.2, 0) is 0 Å². The van der Waals surface area contributed by atoms with Gasteiger partial charge in [-0.3, -0.25) is 0 Å². The van der Waals surface area contributed by atoms with Crippen molar-refractivity contribution in [1.82, 2.24) is 4.90 Å². The van der Waals surface area contributed by atoms with Gasteiger partial charge in [0, 0.05) is 0 Å². The van der Waals surface area contributed by atoms with E-state index in [2.05, 4.69) is 11.8 Å². The number of hydrogen-bond donors (Lipinski definition) is 1. The Morgan fingerprint density at radius 3 is 2.35 bits per heavy atom. The average molecular weight is 238 g/mol. The molecule has 0 bridgehead atoms. The molecule has 0 spiro atoms. The van der Waals surface area contributed by atoms with Gasteiger partial charge in [-0.25, -0.2) is 0 Å². The second-order valence-corrected chi connectivity index (χ2v) is 6.54. The van der Waals surface area contributed by atoms with Crippen molar-refractivity contribution >= 4 is 0 Å². The zero-order valence-corrected chi connectivity index (χ0v) is 11.6. The van der Waals surface area contributed by atoms with Crippen LogP contribution in [0.3, 0.4) is 0 Å². The molecule has 1 aliphatic carbocycles. The van der Waals surface area contributed by atoms with Gasteiger partial charge >= 0.3 is 0 Å². The minimum Gasteiger partial charge on any atom is -0.330 e. The van der Waals surface area contributed by atoms with E-state index in [9.17, 15) is 0 Å². The van der Waals surface area contributed by atoms with Crippen molar-refractivity contribution in [3.05, 3.63) is 0 Å². The van der Waals surface area contributed by atoms with Crippen LogP contribution in [0, 0.1) is 11.3 Å². The molecule has 1 aliphatic heterocycles. The van der Waals surface area contributed by atoms with Crippen molar-refractivity contribution < 1.29 is 0 Å². The van der Waals surface area contributed by atoms with Crippen molar-refractivity contribution in [1.29, 1.82) is 0 Å². The third kappa shape index (κ3) is 3.69. The van der Waals surface area contributed by atoms with E-state index < -0.39 is 0 Å². The number of nitrogens with zero attached hydrogens (tertiary/aromatic N) is 1. The first-order chi connectivity index (χ1) is 8.24. The van der Waals surface area contributed by atoms with Crippen molar-refractivity contribution in [3.63, 3.8) is 0 Å². The fourth-order valence-corrected chi connectivity index (χ4v) is 3.54. The predicted molar refractivity (Wildman–Crippen MR) is 74.0 cm³/mol. The minimum absolute atomic E-state index is 0.501. The average Bonchev–Trinajstić information content (AvgIpc) is 2.39. The molecule has 2 heteroatoms. The monoisotopic (exact) mass is 238 g/mol. The second-order valence-electron chi connectivity index (χ2n) is 6.54. The Hall–Kier alpha value is -0.0800. The molecule has 2 aliphatic rings. The number of piperidine rings is 1. The number of likely N-dealkylation sites (tertiary alicyclic amines) is 1. The van der Waals surface area contributed by atoms with Crippen LogP contribution in [0.5, 0.6) is 0 Å². The lowest BCUT2D eigenvalue weighted by molar-refractivity contribution is 0.126. The van der Waals surface area contributed by atoms with Crippen LogP contribution in [0.1, 0.15) is 58.3 Å². The van der Waals surface area contributed by atoms with Crippen LogP contribution in [0.2, 0.25) is 0 Å². The van der Waals surface area contributed by atoms with E-state index in [1.54, 1.807) is 0 Å². The van der Waals surface area contributed by atoms with Crippen LogP contribution in [0.15, 0.2) is 0 Å². The van der Waals surface area contributed by atoms with E-state index in [1.165, 1.54) is 71.0 Å². The molecule has 2 fully saturated rings. The lowest BCUT2D eigenvalue weighted by Gasteiger charge is -2.39.